The second-order valence-corrected chi connectivity index (χ2v) is 5.71. The van der Waals surface area contributed by atoms with Gasteiger partial charge in [0, 0.05) is 17.7 Å². The molecule has 0 saturated carbocycles. The van der Waals surface area contributed by atoms with Gasteiger partial charge in [0.2, 0.25) is 0 Å². The predicted octanol–water partition coefficient (Wildman–Crippen LogP) is 3.18. The highest BCUT2D eigenvalue weighted by Crippen LogP contribution is 2.30. The van der Waals surface area contributed by atoms with E-state index in [4.69, 9.17) is 12.2 Å². The number of nitrogens with zero attached hydrogens (tertiary/aromatic N) is 1. The number of aromatic hydroxyl groups is 2. The van der Waals surface area contributed by atoms with E-state index in [1.54, 1.807) is 19.1 Å². The van der Waals surface area contributed by atoms with Crippen molar-refractivity contribution >= 4 is 23.0 Å². The fourth-order valence-corrected chi connectivity index (χ4v) is 2.31. The lowest BCUT2D eigenvalue weighted by molar-refractivity contribution is 0.442. The summed E-state index contributed by atoms with van der Waals surface area (Å²) in [6.45, 7) is 4.19. The molecule has 126 valence electrons. The Morgan fingerprint density at radius 1 is 1.12 bits per heavy atom. The van der Waals surface area contributed by atoms with Crippen LogP contribution in [0, 0.1) is 6.92 Å². The highest BCUT2D eigenvalue weighted by Gasteiger charge is 2.12. The first kappa shape index (κ1) is 17.7. The number of hydrazone groups is 1. The minimum absolute atomic E-state index is 0.0283. The maximum Gasteiger partial charge on any atom is 0.187 e. The molecular formula is C18H21N3O2S. The van der Waals surface area contributed by atoms with E-state index in [2.05, 4.69) is 15.8 Å². The van der Waals surface area contributed by atoms with Crippen LogP contribution in [0.25, 0.3) is 0 Å². The molecule has 0 aromatic heterocycles. The Kier molecular flexibility index (Phi) is 6.14. The highest BCUT2D eigenvalue weighted by atomic mass is 32.1. The largest absolute Gasteiger partial charge is 0.508 e. The molecule has 0 bridgehead atoms. The third-order valence-corrected chi connectivity index (χ3v) is 3.87. The summed E-state index contributed by atoms with van der Waals surface area (Å²) in [7, 11) is 0. The van der Waals surface area contributed by atoms with Crippen molar-refractivity contribution in [2.75, 3.05) is 0 Å². The summed E-state index contributed by atoms with van der Waals surface area (Å²) < 4.78 is 0. The van der Waals surface area contributed by atoms with E-state index in [9.17, 15) is 10.2 Å². The molecule has 0 fully saturated rings. The predicted molar refractivity (Wildman–Crippen MR) is 100 cm³/mol. The van der Waals surface area contributed by atoms with Gasteiger partial charge in [0.1, 0.15) is 11.5 Å². The van der Waals surface area contributed by atoms with Crippen LogP contribution in [0.1, 0.15) is 30.0 Å². The van der Waals surface area contributed by atoms with Crippen molar-refractivity contribution in [1.82, 2.24) is 10.7 Å². The lowest BCUT2D eigenvalue weighted by Crippen LogP contribution is -2.32. The summed E-state index contributed by atoms with van der Waals surface area (Å²) in [5.41, 5.74) is 5.57. The molecule has 0 radical (unpaired) electrons. The summed E-state index contributed by atoms with van der Waals surface area (Å²) >= 11 is 5.22. The highest BCUT2D eigenvalue weighted by molar-refractivity contribution is 7.80. The molecule has 0 spiro atoms. The quantitative estimate of drug-likeness (QED) is 0.381. The number of benzene rings is 2. The smallest absolute Gasteiger partial charge is 0.187 e. The Morgan fingerprint density at radius 3 is 2.50 bits per heavy atom. The Morgan fingerprint density at radius 2 is 1.83 bits per heavy atom. The summed E-state index contributed by atoms with van der Waals surface area (Å²) in [6, 6.07) is 13.1. The van der Waals surface area contributed by atoms with Crippen LogP contribution < -0.4 is 10.7 Å². The minimum atomic E-state index is 0.0283. The average Bonchev–Trinajstić information content (AvgIpc) is 2.61. The molecule has 0 saturated heterocycles. The van der Waals surface area contributed by atoms with Crippen molar-refractivity contribution in [2.24, 2.45) is 5.10 Å². The molecule has 0 heterocycles. The average molecular weight is 343 g/mol. The number of rotatable bonds is 5. The lowest BCUT2D eigenvalue weighted by Gasteiger charge is -2.12. The summed E-state index contributed by atoms with van der Waals surface area (Å²) in [4.78, 5) is 0. The van der Waals surface area contributed by atoms with Crippen LogP contribution in [0.5, 0.6) is 11.5 Å². The zero-order valence-electron chi connectivity index (χ0n) is 13.7. The second kappa shape index (κ2) is 8.31. The van der Waals surface area contributed by atoms with E-state index < -0.39 is 0 Å². The molecule has 5 nitrogen and oxygen atoms in total. The number of nitrogens with one attached hydrogen (secondary N) is 2. The molecule has 2 aromatic carbocycles. The van der Waals surface area contributed by atoms with Gasteiger partial charge >= 0.3 is 0 Å². The van der Waals surface area contributed by atoms with Crippen molar-refractivity contribution in [3.05, 3.63) is 59.2 Å². The van der Waals surface area contributed by atoms with Crippen LogP contribution in [-0.4, -0.2) is 21.0 Å². The van der Waals surface area contributed by atoms with E-state index in [0.29, 0.717) is 34.9 Å². The lowest BCUT2D eigenvalue weighted by atomic mass is 10.0. The minimum Gasteiger partial charge on any atom is -0.508 e. The number of phenols is 2. The van der Waals surface area contributed by atoms with E-state index in [-0.39, 0.29) is 11.5 Å². The zero-order chi connectivity index (χ0) is 17.5. The Balaban J connectivity index is 2.03. The number of hydrogen-bond acceptors (Lipinski definition) is 4. The molecule has 4 N–H and O–H groups in total. The maximum absolute atomic E-state index is 10.2. The van der Waals surface area contributed by atoms with Crippen LogP contribution in [0.2, 0.25) is 0 Å². The topological polar surface area (TPSA) is 76.9 Å². The van der Waals surface area contributed by atoms with Gasteiger partial charge in [-0.25, -0.2) is 0 Å². The summed E-state index contributed by atoms with van der Waals surface area (Å²) in [5, 5.41) is 27.6. The molecule has 0 atom stereocenters. The summed E-state index contributed by atoms with van der Waals surface area (Å²) in [6.07, 6.45) is 0.603. The third kappa shape index (κ3) is 4.45. The van der Waals surface area contributed by atoms with Gasteiger partial charge in [-0.15, -0.1) is 0 Å². The van der Waals surface area contributed by atoms with Crippen molar-refractivity contribution in [2.45, 2.75) is 26.8 Å². The van der Waals surface area contributed by atoms with Gasteiger partial charge < -0.3 is 15.5 Å². The first-order chi connectivity index (χ1) is 11.5. The normalized spacial score (nSPS) is 11.2. The second-order valence-electron chi connectivity index (χ2n) is 5.30. The number of thiocarbonyl (C=S) groups is 1. The van der Waals surface area contributed by atoms with Crippen molar-refractivity contribution in [1.29, 1.82) is 0 Å². The van der Waals surface area contributed by atoms with Gasteiger partial charge in [-0.2, -0.15) is 5.10 Å². The molecule has 0 unspecified atom stereocenters. The zero-order valence-corrected chi connectivity index (χ0v) is 14.5. The van der Waals surface area contributed by atoms with Gasteiger partial charge in [-0.3, -0.25) is 5.43 Å². The fourth-order valence-electron chi connectivity index (χ4n) is 2.19. The van der Waals surface area contributed by atoms with Crippen LogP contribution in [-0.2, 0) is 6.54 Å². The molecule has 0 amide bonds. The van der Waals surface area contributed by atoms with Crippen molar-refractivity contribution in [3.63, 3.8) is 0 Å². The Hall–Kier alpha value is -2.60. The maximum atomic E-state index is 10.2. The third-order valence-electron chi connectivity index (χ3n) is 3.64. The molecule has 24 heavy (non-hydrogen) atoms. The standard InChI is InChI=1S/C18H21N3O2S/c1-3-15(14-9-10-16(22)12(2)17(14)23)20-21-18(24)19-11-13-7-5-4-6-8-13/h4-10,22-23H,3,11H2,1-2H3,(H2,19,21,24)/b20-15+. The summed E-state index contributed by atoms with van der Waals surface area (Å²) in [5.74, 6) is 0.0836. The monoisotopic (exact) mass is 343 g/mol. The molecule has 0 aliphatic rings. The van der Waals surface area contributed by atoms with Crippen LogP contribution in [0.15, 0.2) is 47.6 Å². The molecule has 2 rings (SSSR count). The van der Waals surface area contributed by atoms with Gasteiger partial charge in [0.25, 0.3) is 0 Å². The Bertz CT molecular complexity index is 745. The molecule has 6 heteroatoms. The van der Waals surface area contributed by atoms with Gasteiger partial charge in [-0.05, 0) is 43.3 Å². The fraction of sp³-hybridized carbons (Fsp3) is 0.222. The first-order valence-corrected chi connectivity index (χ1v) is 8.10. The molecular weight excluding hydrogens is 322 g/mol. The van der Waals surface area contributed by atoms with Gasteiger partial charge in [0.05, 0.1) is 5.71 Å². The van der Waals surface area contributed by atoms with E-state index in [1.165, 1.54) is 0 Å². The van der Waals surface area contributed by atoms with Crippen LogP contribution in [0.3, 0.4) is 0 Å². The van der Waals surface area contributed by atoms with Crippen LogP contribution >= 0.6 is 12.2 Å². The van der Waals surface area contributed by atoms with E-state index in [1.807, 2.05) is 37.3 Å². The van der Waals surface area contributed by atoms with E-state index >= 15 is 0 Å². The number of hydrogen-bond donors (Lipinski definition) is 4. The first-order valence-electron chi connectivity index (χ1n) is 7.69. The SMILES string of the molecule is CC/C(=N\NC(=S)NCc1ccccc1)c1ccc(O)c(C)c1O. The van der Waals surface area contributed by atoms with Crippen molar-refractivity contribution < 1.29 is 10.2 Å². The molecule has 2 aromatic rings. The molecule has 0 aliphatic carbocycles. The van der Waals surface area contributed by atoms with Crippen molar-refractivity contribution in [3.8, 4) is 11.5 Å². The number of phenolic OH excluding ortho intramolecular Hbond substituents is 2. The van der Waals surface area contributed by atoms with Crippen LogP contribution in [0.4, 0.5) is 0 Å². The van der Waals surface area contributed by atoms with E-state index in [0.717, 1.165) is 5.56 Å². The molecule has 0 aliphatic heterocycles. The Labute approximate surface area is 147 Å². The van der Waals surface area contributed by atoms with Gasteiger partial charge in [-0.1, -0.05) is 37.3 Å². The van der Waals surface area contributed by atoms with Gasteiger partial charge in [0.15, 0.2) is 5.11 Å².